The van der Waals surface area contributed by atoms with Crippen molar-refractivity contribution in [2.45, 2.75) is 45.2 Å². The Morgan fingerprint density at radius 3 is 2.80 bits per heavy atom. The Hall–Kier alpha value is -2.30. The number of hydrogen-bond donors (Lipinski definition) is 1. The Morgan fingerprint density at radius 1 is 1.20 bits per heavy atom. The maximum absolute atomic E-state index is 12.8. The third-order valence-electron chi connectivity index (χ3n) is 5.36. The zero-order chi connectivity index (χ0) is 17.4. The summed E-state index contributed by atoms with van der Waals surface area (Å²) in [7, 11) is 0. The van der Waals surface area contributed by atoms with Gasteiger partial charge in [-0.05, 0) is 44.2 Å². The van der Waals surface area contributed by atoms with Crippen molar-refractivity contribution in [3.8, 4) is 0 Å². The van der Waals surface area contributed by atoms with Gasteiger partial charge >= 0.3 is 0 Å². The number of likely N-dealkylation sites (tertiary alicyclic amines) is 1. The number of nitrogens with one attached hydrogen (secondary N) is 1. The molecule has 2 aromatic rings. The fourth-order valence-corrected chi connectivity index (χ4v) is 3.77. The molecular weight excluding hydrogens is 314 g/mol. The molecule has 0 radical (unpaired) electrons. The van der Waals surface area contributed by atoms with E-state index in [1.165, 1.54) is 10.9 Å². The lowest BCUT2D eigenvalue weighted by Crippen LogP contribution is -2.46. The molecule has 132 valence electrons. The van der Waals surface area contributed by atoms with Crippen LogP contribution in [0.3, 0.4) is 0 Å². The van der Waals surface area contributed by atoms with E-state index in [0.717, 1.165) is 37.7 Å². The molecule has 1 saturated carbocycles. The number of para-hydroxylation sites is 1. The summed E-state index contributed by atoms with van der Waals surface area (Å²) in [6, 6.07) is 8.55. The average molecular weight is 339 g/mol. The second-order valence-electron chi connectivity index (χ2n) is 7.42. The lowest BCUT2D eigenvalue weighted by molar-refractivity contribution is -0.136. The van der Waals surface area contributed by atoms with Gasteiger partial charge in [0.25, 0.3) is 0 Å². The Kier molecular flexibility index (Phi) is 4.24. The predicted molar refractivity (Wildman–Crippen MR) is 97.1 cm³/mol. The van der Waals surface area contributed by atoms with Crippen LogP contribution in [0.1, 0.15) is 31.2 Å². The molecule has 1 atom stereocenters. The minimum atomic E-state index is -0.0542. The number of aromatic nitrogens is 1. The molecule has 5 heteroatoms. The molecule has 1 aliphatic carbocycles. The van der Waals surface area contributed by atoms with Crippen LogP contribution in [0, 0.1) is 12.8 Å². The zero-order valence-corrected chi connectivity index (χ0v) is 14.7. The fraction of sp³-hybridized carbons (Fsp3) is 0.500. The molecule has 0 bridgehead atoms. The van der Waals surface area contributed by atoms with Crippen molar-refractivity contribution in [2.75, 3.05) is 13.1 Å². The average Bonchev–Trinajstić information content (AvgIpc) is 3.39. The number of amides is 2. The van der Waals surface area contributed by atoms with Gasteiger partial charge in [0.15, 0.2) is 0 Å². The number of piperidine rings is 1. The number of carbonyl (C=O) groups is 2. The van der Waals surface area contributed by atoms with Crippen molar-refractivity contribution in [3.63, 3.8) is 0 Å². The van der Waals surface area contributed by atoms with Gasteiger partial charge in [-0.15, -0.1) is 0 Å². The molecule has 0 spiro atoms. The number of carbonyl (C=O) groups excluding carboxylic acids is 2. The molecule has 1 saturated heterocycles. The van der Waals surface area contributed by atoms with Crippen molar-refractivity contribution in [2.24, 2.45) is 5.92 Å². The van der Waals surface area contributed by atoms with Gasteiger partial charge in [-0.1, -0.05) is 18.2 Å². The third kappa shape index (κ3) is 3.41. The van der Waals surface area contributed by atoms with Gasteiger partial charge < -0.3 is 14.8 Å². The number of benzene rings is 1. The highest BCUT2D eigenvalue weighted by Gasteiger charge is 2.31. The van der Waals surface area contributed by atoms with Crippen molar-refractivity contribution in [1.82, 2.24) is 14.8 Å². The van der Waals surface area contributed by atoms with E-state index in [4.69, 9.17) is 0 Å². The van der Waals surface area contributed by atoms with Crippen LogP contribution in [0.4, 0.5) is 0 Å². The van der Waals surface area contributed by atoms with Crippen LogP contribution >= 0.6 is 0 Å². The van der Waals surface area contributed by atoms with Gasteiger partial charge in [-0.2, -0.15) is 0 Å². The number of hydrogen-bond acceptors (Lipinski definition) is 2. The topological polar surface area (TPSA) is 54.3 Å². The van der Waals surface area contributed by atoms with Gasteiger partial charge in [0.1, 0.15) is 6.54 Å². The molecule has 0 unspecified atom stereocenters. The highest BCUT2D eigenvalue weighted by molar-refractivity contribution is 5.86. The van der Waals surface area contributed by atoms with Gasteiger partial charge in [0, 0.05) is 36.2 Å². The molecule has 2 heterocycles. The van der Waals surface area contributed by atoms with E-state index in [2.05, 4.69) is 24.4 Å². The molecule has 1 aromatic heterocycles. The second kappa shape index (κ2) is 6.54. The maximum Gasteiger partial charge on any atom is 0.242 e. The van der Waals surface area contributed by atoms with Gasteiger partial charge in [-0.25, -0.2) is 0 Å². The lowest BCUT2D eigenvalue weighted by Gasteiger charge is -2.32. The number of rotatable bonds is 4. The quantitative estimate of drug-likeness (QED) is 0.930. The van der Waals surface area contributed by atoms with E-state index in [0.29, 0.717) is 19.1 Å². The van der Waals surface area contributed by atoms with E-state index in [1.807, 2.05) is 27.8 Å². The van der Waals surface area contributed by atoms with E-state index in [9.17, 15) is 9.59 Å². The lowest BCUT2D eigenvalue weighted by atomic mass is 9.97. The molecule has 2 amide bonds. The number of nitrogens with zero attached hydrogens (tertiary/aromatic N) is 2. The molecule has 1 N–H and O–H groups in total. The van der Waals surface area contributed by atoms with Gasteiger partial charge in [0.05, 0.1) is 5.92 Å². The molecule has 2 aliphatic rings. The predicted octanol–water partition coefficient (Wildman–Crippen LogP) is 2.47. The molecular formula is C20H25N3O2. The van der Waals surface area contributed by atoms with Crippen molar-refractivity contribution >= 4 is 22.7 Å². The summed E-state index contributed by atoms with van der Waals surface area (Å²) in [4.78, 5) is 27.0. The summed E-state index contributed by atoms with van der Waals surface area (Å²) < 4.78 is 2.03. The summed E-state index contributed by atoms with van der Waals surface area (Å²) in [5.41, 5.74) is 2.28. The first-order valence-corrected chi connectivity index (χ1v) is 9.24. The first-order valence-electron chi connectivity index (χ1n) is 9.24. The zero-order valence-electron chi connectivity index (χ0n) is 14.7. The van der Waals surface area contributed by atoms with E-state index in [-0.39, 0.29) is 17.7 Å². The summed E-state index contributed by atoms with van der Waals surface area (Å²) in [5.74, 6) is 0.174. The van der Waals surface area contributed by atoms with Crippen LogP contribution in [0.5, 0.6) is 0 Å². The largest absolute Gasteiger partial charge is 0.353 e. The van der Waals surface area contributed by atoms with Crippen molar-refractivity contribution in [3.05, 3.63) is 36.0 Å². The first-order chi connectivity index (χ1) is 12.1. The highest BCUT2D eigenvalue weighted by Crippen LogP contribution is 2.23. The normalized spacial score (nSPS) is 20.7. The maximum atomic E-state index is 12.8. The summed E-state index contributed by atoms with van der Waals surface area (Å²) in [6.45, 7) is 3.72. The monoisotopic (exact) mass is 339 g/mol. The Bertz CT molecular complexity index is 806. The number of aryl methyl sites for hydroxylation is 1. The standard InChI is InChI=1S/C20H25N3O2/c1-14-11-23(18-7-3-2-6-17(14)18)13-19(24)22-10-4-5-15(12-22)20(25)21-16-8-9-16/h2-3,6-7,11,15-16H,4-5,8-10,12-13H2,1H3,(H,21,25)/t15-/m1/s1. The first kappa shape index (κ1) is 16.2. The molecule has 1 aliphatic heterocycles. The second-order valence-corrected chi connectivity index (χ2v) is 7.42. The van der Waals surface area contributed by atoms with E-state index in [1.54, 1.807) is 0 Å². The molecule has 5 nitrogen and oxygen atoms in total. The minimum Gasteiger partial charge on any atom is -0.353 e. The van der Waals surface area contributed by atoms with Crippen molar-refractivity contribution < 1.29 is 9.59 Å². The van der Waals surface area contributed by atoms with Crippen molar-refractivity contribution in [1.29, 1.82) is 0 Å². The van der Waals surface area contributed by atoms with Crippen LogP contribution in [0.25, 0.3) is 10.9 Å². The van der Waals surface area contributed by atoms with Gasteiger partial charge in [-0.3, -0.25) is 9.59 Å². The van der Waals surface area contributed by atoms with Crippen LogP contribution < -0.4 is 5.32 Å². The SMILES string of the molecule is Cc1cn(CC(=O)N2CCC[C@@H](C(=O)NC3CC3)C2)c2ccccc12. The summed E-state index contributed by atoms with van der Waals surface area (Å²) in [5, 5.41) is 4.27. The smallest absolute Gasteiger partial charge is 0.242 e. The Morgan fingerprint density at radius 2 is 2.00 bits per heavy atom. The fourth-order valence-electron chi connectivity index (χ4n) is 3.77. The van der Waals surface area contributed by atoms with Gasteiger partial charge in [0.2, 0.25) is 11.8 Å². The highest BCUT2D eigenvalue weighted by atomic mass is 16.2. The molecule has 25 heavy (non-hydrogen) atoms. The third-order valence-corrected chi connectivity index (χ3v) is 5.36. The van der Waals surface area contributed by atoms with Crippen LogP contribution in [-0.2, 0) is 16.1 Å². The number of fused-ring (bicyclic) bond motifs is 1. The Labute approximate surface area is 148 Å². The van der Waals surface area contributed by atoms with Crippen LogP contribution in [-0.4, -0.2) is 40.4 Å². The van der Waals surface area contributed by atoms with Crippen LogP contribution in [0.15, 0.2) is 30.5 Å². The van der Waals surface area contributed by atoms with E-state index >= 15 is 0 Å². The molecule has 4 rings (SSSR count). The summed E-state index contributed by atoms with van der Waals surface area (Å²) >= 11 is 0. The Balaban J connectivity index is 1.43. The molecule has 1 aromatic carbocycles. The molecule has 2 fully saturated rings. The van der Waals surface area contributed by atoms with E-state index < -0.39 is 0 Å². The van der Waals surface area contributed by atoms with Crippen LogP contribution in [0.2, 0.25) is 0 Å². The summed E-state index contributed by atoms with van der Waals surface area (Å²) in [6.07, 6.45) is 6.03. The minimum absolute atomic E-state index is 0.0542.